The maximum absolute atomic E-state index is 5.94. The molecule has 5 heteroatoms. The molecule has 0 atom stereocenters. The molecule has 3 N–H and O–H groups in total. The zero-order chi connectivity index (χ0) is 15.4. The molecule has 0 aliphatic rings. The third-order valence-corrected chi connectivity index (χ3v) is 4.18. The molecule has 22 heavy (non-hydrogen) atoms. The van der Waals surface area contributed by atoms with Gasteiger partial charge in [0.1, 0.15) is 5.75 Å². The zero-order valence-corrected chi connectivity index (χ0v) is 13.1. The number of nitrogens with two attached hydrogens (primary N) is 1. The first-order valence-corrected chi connectivity index (χ1v) is 7.81. The van der Waals surface area contributed by atoms with E-state index in [2.05, 4.69) is 10.3 Å². The second-order valence-corrected chi connectivity index (χ2v) is 5.68. The number of rotatable bonds is 5. The number of nitrogen functional groups attached to an aromatic ring is 1. The van der Waals surface area contributed by atoms with Crippen LogP contribution in [0.4, 0.5) is 10.8 Å². The van der Waals surface area contributed by atoms with Crippen LogP contribution >= 0.6 is 11.3 Å². The van der Waals surface area contributed by atoms with Gasteiger partial charge in [-0.25, -0.2) is 4.98 Å². The number of methoxy groups -OCH3 is 1. The van der Waals surface area contributed by atoms with Crippen LogP contribution in [0.15, 0.2) is 53.9 Å². The summed E-state index contributed by atoms with van der Waals surface area (Å²) >= 11 is 1.59. The number of aromatic nitrogens is 1. The van der Waals surface area contributed by atoms with Gasteiger partial charge in [-0.1, -0.05) is 18.2 Å². The molecule has 0 saturated carbocycles. The van der Waals surface area contributed by atoms with E-state index in [9.17, 15) is 0 Å². The summed E-state index contributed by atoms with van der Waals surface area (Å²) in [6.07, 6.45) is 0. The Balaban J connectivity index is 1.69. The van der Waals surface area contributed by atoms with Crippen molar-refractivity contribution in [2.75, 3.05) is 18.2 Å². The van der Waals surface area contributed by atoms with Gasteiger partial charge in [0.15, 0.2) is 5.13 Å². The van der Waals surface area contributed by atoms with Crippen molar-refractivity contribution in [1.82, 2.24) is 4.98 Å². The SMILES string of the molecule is COc1ccc(-c2csc(NCc3ccccc3N)n2)cc1. The normalized spacial score (nSPS) is 10.4. The van der Waals surface area contributed by atoms with Crippen LogP contribution in [-0.4, -0.2) is 12.1 Å². The lowest BCUT2D eigenvalue weighted by molar-refractivity contribution is 0.415. The van der Waals surface area contributed by atoms with Gasteiger partial charge in [0.2, 0.25) is 0 Å². The number of nitrogens with one attached hydrogen (secondary N) is 1. The number of nitrogens with zero attached hydrogens (tertiary/aromatic N) is 1. The first-order valence-electron chi connectivity index (χ1n) is 6.93. The molecule has 0 aliphatic heterocycles. The van der Waals surface area contributed by atoms with Crippen LogP contribution in [0.25, 0.3) is 11.3 Å². The molecule has 0 amide bonds. The Kier molecular flexibility index (Phi) is 4.25. The minimum Gasteiger partial charge on any atom is -0.497 e. The van der Waals surface area contributed by atoms with Gasteiger partial charge in [-0.3, -0.25) is 0 Å². The fourth-order valence-electron chi connectivity index (χ4n) is 2.12. The van der Waals surface area contributed by atoms with Crippen molar-refractivity contribution in [3.8, 4) is 17.0 Å². The summed E-state index contributed by atoms with van der Waals surface area (Å²) in [7, 11) is 1.66. The minimum absolute atomic E-state index is 0.669. The lowest BCUT2D eigenvalue weighted by Crippen LogP contribution is -2.02. The third-order valence-electron chi connectivity index (χ3n) is 3.38. The summed E-state index contributed by atoms with van der Waals surface area (Å²) in [6.45, 7) is 0.669. The number of anilines is 2. The van der Waals surface area contributed by atoms with Gasteiger partial charge in [0.05, 0.1) is 12.8 Å². The highest BCUT2D eigenvalue weighted by Gasteiger charge is 2.05. The molecule has 0 unspecified atom stereocenters. The van der Waals surface area contributed by atoms with Crippen molar-refractivity contribution < 1.29 is 4.74 Å². The second-order valence-electron chi connectivity index (χ2n) is 4.82. The Morgan fingerprint density at radius 3 is 2.64 bits per heavy atom. The van der Waals surface area contributed by atoms with Crippen LogP contribution in [-0.2, 0) is 6.54 Å². The van der Waals surface area contributed by atoms with Crippen LogP contribution in [0.1, 0.15) is 5.56 Å². The van der Waals surface area contributed by atoms with E-state index in [-0.39, 0.29) is 0 Å². The van der Waals surface area contributed by atoms with E-state index in [4.69, 9.17) is 10.5 Å². The molecule has 1 heterocycles. The maximum atomic E-state index is 5.94. The highest BCUT2D eigenvalue weighted by atomic mass is 32.1. The standard InChI is InChI=1S/C17H17N3OS/c1-21-14-8-6-12(7-9-14)16-11-22-17(20-16)19-10-13-4-2-3-5-15(13)18/h2-9,11H,10,18H2,1H3,(H,19,20). The highest BCUT2D eigenvalue weighted by Crippen LogP contribution is 2.27. The van der Waals surface area contributed by atoms with Gasteiger partial charge >= 0.3 is 0 Å². The number of ether oxygens (including phenoxy) is 1. The van der Waals surface area contributed by atoms with Crippen molar-refractivity contribution in [2.45, 2.75) is 6.54 Å². The lowest BCUT2D eigenvalue weighted by atomic mass is 10.2. The van der Waals surface area contributed by atoms with Crippen LogP contribution in [0.5, 0.6) is 5.75 Å². The summed E-state index contributed by atoms with van der Waals surface area (Å²) in [5.74, 6) is 0.844. The molecular weight excluding hydrogens is 294 g/mol. The fourth-order valence-corrected chi connectivity index (χ4v) is 2.83. The van der Waals surface area contributed by atoms with Crippen LogP contribution in [0, 0.1) is 0 Å². The average molecular weight is 311 g/mol. The van der Waals surface area contributed by atoms with E-state index in [1.54, 1.807) is 18.4 Å². The van der Waals surface area contributed by atoms with Gasteiger partial charge < -0.3 is 15.8 Å². The molecule has 112 valence electrons. The maximum Gasteiger partial charge on any atom is 0.183 e. The second kappa shape index (κ2) is 6.49. The molecule has 4 nitrogen and oxygen atoms in total. The van der Waals surface area contributed by atoms with Gasteiger partial charge in [-0.15, -0.1) is 11.3 Å². The van der Waals surface area contributed by atoms with Gasteiger partial charge in [-0.2, -0.15) is 0 Å². The lowest BCUT2D eigenvalue weighted by Gasteiger charge is -2.05. The fraction of sp³-hybridized carbons (Fsp3) is 0.118. The van der Waals surface area contributed by atoms with Crippen LogP contribution in [0.2, 0.25) is 0 Å². The summed E-state index contributed by atoms with van der Waals surface area (Å²) in [5, 5.41) is 6.24. The van der Waals surface area contributed by atoms with E-state index in [0.717, 1.165) is 33.4 Å². The van der Waals surface area contributed by atoms with Gasteiger partial charge in [0.25, 0.3) is 0 Å². The largest absolute Gasteiger partial charge is 0.497 e. The number of para-hydroxylation sites is 1. The molecule has 0 bridgehead atoms. The number of benzene rings is 2. The van der Waals surface area contributed by atoms with E-state index in [0.29, 0.717) is 6.54 Å². The van der Waals surface area contributed by atoms with E-state index >= 15 is 0 Å². The highest BCUT2D eigenvalue weighted by molar-refractivity contribution is 7.14. The first-order chi connectivity index (χ1) is 10.8. The van der Waals surface area contributed by atoms with Crippen molar-refractivity contribution in [1.29, 1.82) is 0 Å². The van der Waals surface area contributed by atoms with Crippen LogP contribution < -0.4 is 15.8 Å². The van der Waals surface area contributed by atoms with Crippen molar-refractivity contribution in [3.05, 3.63) is 59.5 Å². The zero-order valence-electron chi connectivity index (χ0n) is 12.2. The Bertz CT molecular complexity index is 753. The Labute approximate surface area is 133 Å². The van der Waals surface area contributed by atoms with Crippen molar-refractivity contribution in [2.24, 2.45) is 0 Å². The third kappa shape index (κ3) is 3.20. The van der Waals surface area contributed by atoms with E-state index in [1.165, 1.54) is 0 Å². The van der Waals surface area contributed by atoms with E-state index in [1.807, 2.05) is 53.9 Å². The summed E-state index contributed by atoms with van der Waals surface area (Å²) in [5.41, 5.74) is 9.83. The minimum atomic E-state index is 0.669. The first kappa shape index (κ1) is 14.4. The molecule has 0 spiro atoms. The topological polar surface area (TPSA) is 60.2 Å². The molecule has 0 aliphatic carbocycles. The monoisotopic (exact) mass is 311 g/mol. The van der Waals surface area contributed by atoms with Crippen molar-refractivity contribution in [3.63, 3.8) is 0 Å². The summed E-state index contributed by atoms with van der Waals surface area (Å²) in [4.78, 5) is 4.61. The number of hydrogen-bond donors (Lipinski definition) is 2. The molecule has 2 aromatic carbocycles. The number of hydrogen-bond acceptors (Lipinski definition) is 5. The molecular formula is C17H17N3OS. The van der Waals surface area contributed by atoms with Gasteiger partial charge in [-0.05, 0) is 35.9 Å². The smallest absolute Gasteiger partial charge is 0.183 e. The molecule has 0 radical (unpaired) electrons. The predicted molar refractivity (Wildman–Crippen MR) is 92.3 cm³/mol. The Morgan fingerprint density at radius 1 is 1.14 bits per heavy atom. The summed E-state index contributed by atoms with van der Waals surface area (Å²) < 4.78 is 5.17. The molecule has 3 aromatic rings. The molecule has 3 rings (SSSR count). The van der Waals surface area contributed by atoms with Gasteiger partial charge in [0, 0.05) is 23.2 Å². The Hall–Kier alpha value is -2.53. The van der Waals surface area contributed by atoms with E-state index < -0.39 is 0 Å². The summed E-state index contributed by atoms with van der Waals surface area (Å²) in [6, 6.07) is 15.7. The quantitative estimate of drug-likeness (QED) is 0.699. The molecule has 0 fully saturated rings. The predicted octanol–water partition coefficient (Wildman–Crippen LogP) is 4.01. The van der Waals surface area contributed by atoms with Crippen molar-refractivity contribution >= 4 is 22.2 Å². The average Bonchev–Trinajstić information content (AvgIpc) is 3.03. The van der Waals surface area contributed by atoms with Crippen LogP contribution in [0.3, 0.4) is 0 Å². The number of thiazole rings is 1. The molecule has 0 saturated heterocycles. The molecule has 1 aromatic heterocycles. The Morgan fingerprint density at radius 2 is 1.91 bits per heavy atom.